The molecule has 0 atom stereocenters. The van der Waals surface area contributed by atoms with Crippen molar-refractivity contribution in [2.24, 2.45) is 5.73 Å². The third-order valence-electron chi connectivity index (χ3n) is 1.98. The zero-order valence-electron chi connectivity index (χ0n) is 8.17. The summed E-state index contributed by atoms with van der Waals surface area (Å²) in [6.07, 6.45) is 0. The van der Waals surface area contributed by atoms with Gasteiger partial charge in [0.1, 0.15) is 0 Å². The smallest absolute Gasteiger partial charge is 0.164 e. The van der Waals surface area contributed by atoms with Gasteiger partial charge < -0.3 is 11.1 Å². The van der Waals surface area contributed by atoms with Crippen molar-refractivity contribution in [3.63, 3.8) is 0 Å². The van der Waals surface area contributed by atoms with E-state index in [0.29, 0.717) is 5.02 Å². The minimum atomic E-state index is -0.295. The molecule has 0 aliphatic carbocycles. The molecule has 0 fully saturated rings. The Labute approximate surface area is 94.4 Å². The first kappa shape index (κ1) is 11.3. The Morgan fingerprint density at radius 2 is 2.14 bits per heavy atom. The summed E-state index contributed by atoms with van der Waals surface area (Å²) in [5.41, 5.74) is 6.20. The van der Waals surface area contributed by atoms with Gasteiger partial charge in [-0.1, -0.05) is 23.7 Å². The third-order valence-corrected chi connectivity index (χ3v) is 2.32. The minimum Gasteiger partial charge on any atom is -0.376 e. The lowest BCUT2D eigenvalue weighted by atomic mass is 9.95. The molecule has 0 saturated carbocycles. The highest BCUT2D eigenvalue weighted by Gasteiger charge is 2.20. The van der Waals surface area contributed by atoms with E-state index in [4.69, 9.17) is 29.6 Å². The van der Waals surface area contributed by atoms with Crippen LogP contribution in [0.15, 0.2) is 24.3 Å². The average molecular weight is 229 g/mol. The van der Waals surface area contributed by atoms with Crippen LogP contribution in [0, 0.1) is 0 Å². The van der Waals surface area contributed by atoms with Gasteiger partial charge in [0.15, 0.2) is 5.11 Å². The van der Waals surface area contributed by atoms with Crippen LogP contribution in [0.2, 0.25) is 5.02 Å². The quantitative estimate of drug-likeness (QED) is 0.764. The number of benzene rings is 1. The fourth-order valence-corrected chi connectivity index (χ4v) is 1.70. The molecule has 1 aromatic carbocycles. The molecular formula is C10H13ClN2S. The number of hydrogen-bond donors (Lipinski definition) is 2. The number of nitrogens with two attached hydrogens (primary N) is 1. The maximum atomic E-state index is 5.90. The lowest BCUT2D eigenvalue weighted by molar-refractivity contribution is 0.488. The summed E-state index contributed by atoms with van der Waals surface area (Å²) < 4.78 is 0. The predicted molar refractivity (Wildman–Crippen MR) is 64.4 cm³/mol. The van der Waals surface area contributed by atoms with E-state index in [1.165, 1.54) is 0 Å². The molecule has 14 heavy (non-hydrogen) atoms. The molecule has 1 aromatic rings. The molecule has 0 amide bonds. The zero-order valence-corrected chi connectivity index (χ0v) is 9.75. The SMILES string of the molecule is CC(C)(NC(N)=S)c1cccc(Cl)c1. The minimum absolute atomic E-state index is 0.287. The normalized spacial score (nSPS) is 11.1. The van der Waals surface area contributed by atoms with Crippen molar-refractivity contribution in [1.82, 2.24) is 5.32 Å². The molecule has 0 heterocycles. The van der Waals surface area contributed by atoms with Crippen molar-refractivity contribution in [2.75, 3.05) is 0 Å². The van der Waals surface area contributed by atoms with Crippen molar-refractivity contribution >= 4 is 28.9 Å². The molecule has 2 nitrogen and oxygen atoms in total. The molecule has 0 unspecified atom stereocenters. The van der Waals surface area contributed by atoms with Crippen molar-refractivity contribution in [3.8, 4) is 0 Å². The van der Waals surface area contributed by atoms with Gasteiger partial charge in [0.05, 0.1) is 5.54 Å². The summed E-state index contributed by atoms with van der Waals surface area (Å²) in [5, 5.41) is 4.01. The van der Waals surface area contributed by atoms with Gasteiger partial charge in [-0.3, -0.25) is 0 Å². The predicted octanol–water partition coefficient (Wildman–Crippen LogP) is 2.41. The molecular weight excluding hydrogens is 216 g/mol. The molecule has 0 aliphatic heterocycles. The van der Waals surface area contributed by atoms with E-state index in [1.807, 2.05) is 38.1 Å². The summed E-state index contributed by atoms with van der Waals surface area (Å²) in [6.45, 7) is 4.00. The van der Waals surface area contributed by atoms with Crippen LogP contribution >= 0.6 is 23.8 Å². The van der Waals surface area contributed by atoms with Crippen molar-refractivity contribution in [1.29, 1.82) is 0 Å². The van der Waals surface area contributed by atoms with Crippen molar-refractivity contribution in [3.05, 3.63) is 34.9 Å². The van der Waals surface area contributed by atoms with E-state index < -0.39 is 0 Å². The lowest BCUT2D eigenvalue weighted by Crippen LogP contribution is -2.43. The van der Waals surface area contributed by atoms with Gasteiger partial charge in [-0.2, -0.15) is 0 Å². The molecule has 3 N–H and O–H groups in total. The van der Waals surface area contributed by atoms with Crippen LogP contribution in [0.3, 0.4) is 0 Å². The van der Waals surface area contributed by atoms with Crippen LogP contribution in [0.5, 0.6) is 0 Å². The van der Waals surface area contributed by atoms with Gasteiger partial charge in [0, 0.05) is 5.02 Å². The highest BCUT2D eigenvalue weighted by atomic mass is 35.5. The van der Waals surface area contributed by atoms with E-state index in [-0.39, 0.29) is 10.7 Å². The van der Waals surface area contributed by atoms with Gasteiger partial charge in [0.2, 0.25) is 0 Å². The van der Waals surface area contributed by atoms with E-state index in [9.17, 15) is 0 Å². The first-order chi connectivity index (χ1) is 6.42. The van der Waals surface area contributed by atoms with E-state index in [1.54, 1.807) is 0 Å². The van der Waals surface area contributed by atoms with Crippen LogP contribution < -0.4 is 11.1 Å². The van der Waals surface area contributed by atoms with Crippen LogP contribution in [-0.4, -0.2) is 5.11 Å². The summed E-state index contributed by atoms with van der Waals surface area (Å²) in [6, 6.07) is 7.62. The number of halogens is 1. The molecule has 76 valence electrons. The highest BCUT2D eigenvalue weighted by Crippen LogP contribution is 2.22. The monoisotopic (exact) mass is 228 g/mol. The Morgan fingerprint density at radius 3 is 2.64 bits per heavy atom. The molecule has 0 aliphatic rings. The Kier molecular flexibility index (Phi) is 3.34. The number of thiocarbonyl (C=S) groups is 1. The first-order valence-electron chi connectivity index (χ1n) is 4.25. The second-order valence-corrected chi connectivity index (χ2v) is 4.50. The highest BCUT2D eigenvalue weighted by molar-refractivity contribution is 7.80. The van der Waals surface area contributed by atoms with E-state index >= 15 is 0 Å². The fourth-order valence-electron chi connectivity index (χ4n) is 1.26. The first-order valence-corrected chi connectivity index (χ1v) is 5.04. The Bertz CT molecular complexity index is 350. The van der Waals surface area contributed by atoms with Gasteiger partial charge in [-0.05, 0) is 43.8 Å². The van der Waals surface area contributed by atoms with Crippen LogP contribution in [0.4, 0.5) is 0 Å². The average Bonchev–Trinajstić information content (AvgIpc) is 2.01. The number of hydrogen-bond acceptors (Lipinski definition) is 1. The zero-order chi connectivity index (χ0) is 10.8. The fraction of sp³-hybridized carbons (Fsp3) is 0.300. The maximum absolute atomic E-state index is 5.90. The van der Waals surface area contributed by atoms with E-state index in [2.05, 4.69) is 5.32 Å². The molecule has 0 spiro atoms. The second kappa shape index (κ2) is 4.15. The topological polar surface area (TPSA) is 38.0 Å². The molecule has 0 bridgehead atoms. The van der Waals surface area contributed by atoms with E-state index in [0.717, 1.165) is 5.56 Å². The lowest BCUT2D eigenvalue weighted by Gasteiger charge is -2.27. The Balaban J connectivity index is 2.97. The largest absolute Gasteiger partial charge is 0.376 e. The van der Waals surface area contributed by atoms with Gasteiger partial charge in [0.25, 0.3) is 0 Å². The number of nitrogens with one attached hydrogen (secondary N) is 1. The molecule has 0 aromatic heterocycles. The van der Waals surface area contributed by atoms with Crippen LogP contribution in [0.25, 0.3) is 0 Å². The summed E-state index contributed by atoms with van der Waals surface area (Å²) in [5.74, 6) is 0. The third kappa shape index (κ3) is 2.86. The summed E-state index contributed by atoms with van der Waals surface area (Å²) >= 11 is 10.7. The number of rotatable bonds is 2. The summed E-state index contributed by atoms with van der Waals surface area (Å²) in [4.78, 5) is 0. The molecule has 4 heteroatoms. The Hall–Kier alpha value is -0.800. The summed E-state index contributed by atoms with van der Waals surface area (Å²) in [7, 11) is 0. The Morgan fingerprint density at radius 1 is 1.50 bits per heavy atom. The second-order valence-electron chi connectivity index (χ2n) is 3.62. The van der Waals surface area contributed by atoms with Gasteiger partial charge in [-0.15, -0.1) is 0 Å². The van der Waals surface area contributed by atoms with Crippen molar-refractivity contribution < 1.29 is 0 Å². The van der Waals surface area contributed by atoms with Crippen LogP contribution in [0.1, 0.15) is 19.4 Å². The standard InChI is InChI=1S/C10H13ClN2S/c1-10(2,13-9(12)14)7-4-3-5-8(11)6-7/h3-6H,1-2H3,(H3,12,13,14). The van der Waals surface area contributed by atoms with Crippen molar-refractivity contribution in [2.45, 2.75) is 19.4 Å². The molecule has 1 rings (SSSR count). The van der Waals surface area contributed by atoms with Gasteiger partial charge in [-0.25, -0.2) is 0 Å². The maximum Gasteiger partial charge on any atom is 0.164 e. The van der Waals surface area contributed by atoms with Crippen LogP contribution in [-0.2, 0) is 5.54 Å². The molecule has 0 radical (unpaired) electrons. The van der Waals surface area contributed by atoms with Gasteiger partial charge >= 0.3 is 0 Å². The molecule has 0 saturated heterocycles.